The maximum atomic E-state index is 12.3. The third-order valence-corrected chi connectivity index (χ3v) is 5.62. The van der Waals surface area contributed by atoms with Crippen LogP contribution in [0.4, 0.5) is 8.78 Å². The minimum absolute atomic E-state index is 0.147. The van der Waals surface area contributed by atoms with Crippen LogP contribution in [0.15, 0.2) is 63.6 Å². The van der Waals surface area contributed by atoms with Crippen molar-refractivity contribution >= 4 is 52.4 Å². The van der Waals surface area contributed by atoms with Crippen molar-refractivity contribution in [1.82, 2.24) is 5.32 Å². The Bertz CT molecular complexity index is 858. The fourth-order valence-electron chi connectivity index (χ4n) is 2.30. The number of amidine groups is 1. The molecule has 0 aromatic heterocycles. The molecule has 140 valence electrons. The lowest BCUT2D eigenvalue weighted by Crippen LogP contribution is -2.25. The second-order valence-corrected chi connectivity index (χ2v) is 8.21. The monoisotopic (exact) mass is 425 g/mol. The van der Waals surface area contributed by atoms with Crippen LogP contribution in [0.5, 0.6) is 0 Å². The minimum atomic E-state index is -2.45. The molecule has 1 aliphatic heterocycles. The highest BCUT2D eigenvalue weighted by molar-refractivity contribution is 8.15. The van der Waals surface area contributed by atoms with Crippen molar-refractivity contribution in [3.8, 4) is 0 Å². The summed E-state index contributed by atoms with van der Waals surface area (Å²) in [6, 6.07) is 13.9. The van der Waals surface area contributed by atoms with Gasteiger partial charge in [0.25, 0.3) is 5.76 Å². The number of nitrogens with one attached hydrogen (secondary N) is 1. The van der Waals surface area contributed by atoms with E-state index < -0.39 is 5.76 Å². The Balaban J connectivity index is 1.57. The second kappa shape index (κ2) is 9.34. The van der Waals surface area contributed by atoms with Gasteiger partial charge < -0.3 is 5.32 Å². The number of carbonyl (C=O) groups is 1. The van der Waals surface area contributed by atoms with E-state index in [1.807, 2.05) is 12.1 Å². The van der Waals surface area contributed by atoms with Crippen molar-refractivity contribution in [3.05, 3.63) is 64.7 Å². The zero-order valence-corrected chi connectivity index (χ0v) is 16.2. The van der Waals surface area contributed by atoms with Gasteiger partial charge in [0.1, 0.15) is 0 Å². The normalized spacial score (nSPS) is 18.6. The highest BCUT2D eigenvalue weighted by Gasteiger charge is 2.30. The first kappa shape index (κ1) is 19.9. The summed E-state index contributed by atoms with van der Waals surface area (Å²) in [5, 5.41) is 11.4. The highest BCUT2D eigenvalue weighted by Crippen LogP contribution is 2.27. The quantitative estimate of drug-likeness (QED) is 0.410. The predicted octanol–water partition coefficient (Wildman–Crippen LogP) is 4.82. The molecule has 1 atom stereocenters. The summed E-state index contributed by atoms with van der Waals surface area (Å²) in [5.74, 6) is -2.59. The van der Waals surface area contributed by atoms with Crippen LogP contribution in [0.3, 0.4) is 0 Å². The molecular weight excluding hydrogens is 412 g/mol. The largest absolute Gasteiger partial charge is 0.303 e. The van der Waals surface area contributed by atoms with Gasteiger partial charge in [-0.3, -0.25) is 4.79 Å². The predicted molar refractivity (Wildman–Crippen MR) is 108 cm³/mol. The van der Waals surface area contributed by atoms with Crippen LogP contribution in [0.2, 0.25) is 5.02 Å². The van der Waals surface area contributed by atoms with E-state index in [1.54, 1.807) is 42.6 Å². The molecule has 4 nitrogen and oxygen atoms in total. The summed E-state index contributed by atoms with van der Waals surface area (Å²) in [6.45, 7) is 0. The van der Waals surface area contributed by atoms with E-state index in [0.29, 0.717) is 33.3 Å². The van der Waals surface area contributed by atoms with Crippen LogP contribution in [-0.2, 0) is 11.2 Å². The molecule has 1 saturated heterocycles. The summed E-state index contributed by atoms with van der Waals surface area (Å²) < 4.78 is 24.7. The molecule has 2 aromatic rings. The summed E-state index contributed by atoms with van der Waals surface area (Å²) in [7, 11) is 0. The highest BCUT2D eigenvalue weighted by atomic mass is 35.5. The lowest BCUT2D eigenvalue weighted by atomic mass is 10.1. The Morgan fingerprint density at radius 3 is 2.56 bits per heavy atom. The van der Waals surface area contributed by atoms with E-state index in [-0.39, 0.29) is 11.2 Å². The van der Waals surface area contributed by atoms with Gasteiger partial charge in [0.2, 0.25) is 5.91 Å². The molecule has 1 fully saturated rings. The molecule has 0 saturated carbocycles. The standard InChI is InChI=1S/C18H14ClF2N3OS2/c19-13-5-1-12(2-6-13)10-22-24-18-23-16(25)15(27-18)9-11-3-7-14(8-4-11)26-17(20)21/h1-8,10,15,17H,9H2,(H,23,24,25)/b22-10-/t15-/m1/s1. The first-order valence-corrected chi connectivity index (χ1v) is 10.0. The topological polar surface area (TPSA) is 53.8 Å². The molecular formula is C18H14ClF2N3OS2. The zero-order chi connectivity index (χ0) is 19.2. The number of amides is 1. The molecule has 27 heavy (non-hydrogen) atoms. The molecule has 1 aliphatic rings. The number of benzene rings is 2. The summed E-state index contributed by atoms with van der Waals surface area (Å²) in [4.78, 5) is 12.6. The first-order chi connectivity index (χ1) is 13.0. The maximum absolute atomic E-state index is 12.3. The maximum Gasteiger partial charge on any atom is 0.288 e. The lowest BCUT2D eigenvalue weighted by molar-refractivity contribution is -0.118. The molecule has 0 unspecified atom stereocenters. The number of hydrogen-bond donors (Lipinski definition) is 1. The Morgan fingerprint density at radius 2 is 1.89 bits per heavy atom. The van der Waals surface area contributed by atoms with Gasteiger partial charge in [-0.1, -0.05) is 59.4 Å². The molecule has 1 amide bonds. The molecule has 2 aromatic carbocycles. The average Bonchev–Trinajstić information content (AvgIpc) is 2.97. The van der Waals surface area contributed by atoms with Crippen LogP contribution < -0.4 is 5.32 Å². The second-order valence-electron chi connectivity index (χ2n) is 5.52. The van der Waals surface area contributed by atoms with E-state index in [4.69, 9.17) is 11.6 Å². The lowest BCUT2D eigenvalue weighted by Gasteiger charge is -2.06. The third kappa shape index (κ3) is 6.05. The van der Waals surface area contributed by atoms with Gasteiger partial charge in [0.15, 0.2) is 5.17 Å². The number of alkyl halides is 2. The number of hydrogen-bond acceptors (Lipinski definition) is 5. The molecule has 0 radical (unpaired) electrons. The van der Waals surface area contributed by atoms with Gasteiger partial charge in [0.05, 0.1) is 11.5 Å². The van der Waals surface area contributed by atoms with Gasteiger partial charge >= 0.3 is 0 Å². The molecule has 0 spiro atoms. The van der Waals surface area contributed by atoms with Crippen LogP contribution in [0, 0.1) is 0 Å². The molecule has 3 rings (SSSR count). The Kier molecular flexibility index (Phi) is 6.87. The summed E-state index contributed by atoms with van der Waals surface area (Å²) >= 11 is 7.62. The summed E-state index contributed by atoms with van der Waals surface area (Å²) in [6.07, 6.45) is 2.05. The van der Waals surface area contributed by atoms with Crippen molar-refractivity contribution in [1.29, 1.82) is 0 Å². The van der Waals surface area contributed by atoms with E-state index >= 15 is 0 Å². The van der Waals surface area contributed by atoms with Crippen molar-refractivity contribution in [2.75, 3.05) is 0 Å². The van der Waals surface area contributed by atoms with Crippen molar-refractivity contribution in [2.24, 2.45) is 10.2 Å². The fraction of sp³-hybridized carbons (Fsp3) is 0.167. The SMILES string of the molecule is O=C1N/C(=N/N=C\c2ccc(Cl)cc2)S[C@@H]1Cc1ccc(SC(F)F)cc1. The van der Waals surface area contributed by atoms with E-state index in [9.17, 15) is 13.6 Å². The van der Waals surface area contributed by atoms with Crippen molar-refractivity contribution in [2.45, 2.75) is 22.3 Å². The van der Waals surface area contributed by atoms with Gasteiger partial charge in [-0.15, -0.1) is 5.10 Å². The zero-order valence-electron chi connectivity index (χ0n) is 13.8. The van der Waals surface area contributed by atoms with E-state index in [1.165, 1.54) is 11.8 Å². The Hall–Kier alpha value is -1.90. The number of rotatable bonds is 6. The minimum Gasteiger partial charge on any atom is -0.303 e. The smallest absolute Gasteiger partial charge is 0.288 e. The van der Waals surface area contributed by atoms with Gasteiger partial charge in [0, 0.05) is 9.92 Å². The van der Waals surface area contributed by atoms with Crippen LogP contribution in [0.25, 0.3) is 0 Å². The first-order valence-electron chi connectivity index (χ1n) is 7.87. The van der Waals surface area contributed by atoms with E-state index in [0.717, 1.165) is 11.1 Å². The van der Waals surface area contributed by atoms with Crippen molar-refractivity contribution in [3.63, 3.8) is 0 Å². The van der Waals surface area contributed by atoms with Gasteiger partial charge in [-0.25, -0.2) is 0 Å². The number of carbonyl (C=O) groups excluding carboxylic acids is 1. The molecule has 1 N–H and O–H groups in total. The van der Waals surface area contributed by atoms with Crippen molar-refractivity contribution < 1.29 is 13.6 Å². The molecule has 9 heteroatoms. The van der Waals surface area contributed by atoms with E-state index in [2.05, 4.69) is 15.5 Å². The molecule has 0 bridgehead atoms. The fourth-order valence-corrected chi connectivity index (χ4v) is 3.89. The number of halogens is 3. The van der Waals surface area contributed by atoms with Crippen LogP contribution >= 0.6 is 35.1 Å². The molecule has 0 aliphatic carbocycles. The van der Waals surface area contributed by atoms with Gasteiger partial charge in [-0.2, -0.15) is 13.9 Å². The number of thioether (sulfide) groups is 2. The van der Waals surface area contributed by atoms with Crippen LogP contribution in [-0.4, -0.2) is 28.3 Å². The third-order valence-electron chi connectivity index (χ3n) is 3.57. The average molecular weight is 426 g/mol. The Labute approximate surface area is 168 Å². The van der Waals surface area contributed by atoms with Gasteiger partial charge in [-0.05, 0) is 41.8 Å². The molecule has 1 heterocycles. The van der Waals surface area contributed by atoms with Crippen LogP contribution in [0.1, 0.15) is 11.1 Å². The Morgan fingerprint density at radius 1 is 1.19 bits per heavy atom. The number of nitrogens with zero attached hydrogens (tertiary/aromatic N) is 2. The summed E-state index contributed by atoms with van der Waals surface area (Å²) in [5.41, 5.74) is 1.74.